The van der Waals surface area contributed by atoms with Gasteiger partial charge in [-0.25, -0.2) is 8.42 Å². The minimum absolute atomic E-state index is 0.0989. The smallest absolute Gasteiger partial charge is 0.324 e. The van der Waals surface area contributed by atoms with Gasteiger partial charge in [0, 0.05) is 20.3 Å². The summed E-state index contributed by atoms with van der Waals surface area (Å²) in [5.41, 5.74) is 0.0989. The lowest BCUT2D eigenvalue weighted by molar-refractivity contribution is -0.141. The Labute approximate surface area is 121 Å². The lowest BCUT2D eigenvalue weighted by Crippen LogP contribution is -2.47. The average molecular weight is 319 g/mol. The highest BCUT2D eigenvalue weighted by Gasteiger charge is 2.30. The summed E-state index contributed by atoms with van der Waals surface area (Å²) in [6.07, 6.45) is -0.243. The number of aromatic nitrogens is 1. The summed E-state index contributed by atoms with van der Waals surface area (Å²) in [5, 5.41) is 20.5. The molecule has 0 fully saturated rings. The second kappa shape index (κ2) is 6.24. The molecule has 0 spiro atoms. The third kappa shape index (κ3) is 3.80. The number of aliphatic hydroxyl groups is 1. The molecule has 0 aliphatic carbocycles. The van der Waals surface area contributed by atoms with Crippen molar-refractivity contribution in [2.75, 3.05) is 7.05 Å². The number of carbonyl (C=O) groups is 2. The molecule has 4 N–H and O–H groups in total. The van der Waals surface area contributed by atoms with Crippen LogP contribution in [0.2, 0.25) is 0 Å². The Kier molecular flexibility index (Phi) is 5.10. The van der Waals surface area contributed by atoms with E-state index in [1.807, 2.05) is 4.72 Å². The summed E-state index contributed by atoms with van der Waals surface area (Å²) in [6.45, 7) is 1.16. The first kappa shape index (κ1) is 17.1. The molecule has 0 bridgehead atoms. The van der Waals surface area contributed by atoms with Crippen LogP contribution >= 0.6 is 0 Å². The second-order valence-electron chi connectivity index (χ2n) is 4.43. The molecule has 1 rings (SSSR count). The molecule has 118 valence electrons. The van der Waals surface area contributed by atoms with E-state index in [1.165, 1.54) is 24.9 Å². The van der Waals surface area contributed by atoms with Crippen LogP contribution in [0.1, 0.15) is 17.4 Å². The van der Waals surface area contributed by atoms with Gasteiger partial charge in [-0.1, -0.05) is 0 Å². The van der Waals surface area contributed by atoms with Gasteiger partial charge in [-0.15, -0.1) is 0 Å². The number of hydrogen-bond acceptors (Lipinski definition) is 5. The normalized spacial score (nSPS) is 14.5. The summed E-state index contributed by atoms with van der Waals surface area (Å²) >= 11 is 0. The largest absolute Gasteiger partial charge is 0.480 e. The quantitative estimate of drug-likeness (QED) is 0.503. The highest BCUT2D eigenvalue weighted by atomic mass is 32.2. The predicted octanol–water partition coefficient (Wildman–Crippen LogP) is -1.50. The number of sulfonamides is 1. The fourth-order valence-electron chi connectivity index (χ4n) is 1.63. The minimum atomic E-state index is -4.18. The van der Waals surface area contributed by atoms with Gasteiger partial charge in [0.2, 0.25) is 10.0 Å². The van der Waals surface area contributed by atoms with E-state index in [1.54, 1.807) is 0 Å². The Bertz CT molecular complexity index is 649. The maximum atomic E-state index is 12.1. The molecule has 0 aliphatic rings. The van der Waals surface area contributed by atoms with E-state index in [0.29, 0.717) is 0 Å². The van der Waals surface area contributed by atoms with Gasteiger partial charge in [0.05, 0.1) is 6.10 Å². The fraction of sp³-hybridized carbons (Fsp3) is 0.455. The number of nitrogens with zero attached hydrogens (tertiary/aromatic N) is 1. The van der Waals surface area contributed by atoms with Crippen LogP contribution < -0.4 is 10.0 Å². The van der Waals surface area contributed by atoms with Crippen LogP contribution in [0.15, 0.2) is 17.2 Å². The zero-order valence-electron chi connectivity index (χ0n) is 11.7. The summed E-state index contributed by atoms with van der Waals surface area (Å²) in [7, 11) is -1.31. The summed E-state index contributed by atoms with van der Waals surface area (Å²) < 4.78 is 27.4. The Morgan fingerprint density at radius 3 is 2.38 bits per heavy atom. The molecule has 0 unspecified atom stereocenters. The minimum Gasteiger partial charge on any atom is -0.480 e. The van der Waals surface area contributed by atoms with E-state index >= 15 is 0 Å². The van der Waals surface area contributed by atoms with Crippen molar-refractivity contribution in [1.29, 1.82) is 0 Å². The third-order valence-corrected chi connectivity index (χ3v) is 4.19. The first-order valence-corrected chi connectivity index (χ1v) is 7.40. The number of aryl methyl sites for hydroxylation is 1. The van der Waals surface area contributed by atoms with Crippen LogP contribution in [0, 0.1) is 0 Å². The van der Waals surface area contributed by atoms with E-state index < -0.39 is 34.0 Å². The van der Waals surface area contributed by atoms with Gasteiger partial charge >= 0.3 is 5.97 Å². The summed E-state index contributed by atoms with van der Waals surface area (Å²) in [4.78, 5) is 22.2. The van der Waals surface area contributed by atoms with Gasteiger partial charge in [-0.2, -0.15) is 4.72 Å². The maximum Gasteiger partial charge on any atom is 0.324 e. The molecule has 0 saturated heterocycles. The Hall–Kier alpha value is -1.91. The molecule has 0 saturated carbocycles. The van der Waals surface area contributed by atoms with E-state index in [0.717, 1.165) is 13.0 Å². The second-order valence-corrected chi connectivity index (χ2v) is 6.14. The van der Waals surface area contributed by atoms with Crippen molar-refractivity contribution in [1.82, 2.24) is 14.6 Å². The Morgan fingerprint density at radius 2 is 1.95 bits per heavy atom. The molecular weight excluding hydrogens is 302 g/mol. The monoisotopic (exact) mass is 319 g/mol. The molecule has 2 atom stereocenters. The first-order chi connectivity index (χ1) is 9.60. The maximum absolute atomic E-state index is 12.1. The number of amides is 1. The van der Waals surface area contributed by atoms with Gasteiger partial charge in [0.1, 0.15) is 16.6 Å². The molecule has 0 aliphatic heterocycles. The van der Waals surface area contributed by atoms with Crippen molar-refractivity contribution in [3.8, 4) is 0 Å². The summed E-state index contributed by atoms with van der Waals surface area (Å²) in [5.74, 6) is -1.99. The predicted molar refractivity (Wildman–Crippen MR) is 72.2 cm³/mol. The van der Waals surface area contributed by atoms with E-state index in [4.69, 9.17) is 5.11 Å². The molecule has 1 amide bonds. The Morgan fingerprint density at radius 1 is 1.38 bits per heavy atom. The average Bonchev–Trinajstić information content (AvgIpc) is 2.77. The van der Waals surface area contributed by atoms with Gasteiger partial charge in [-0.3, -0.25) is 9.59 Å². The van der Waals surface area contributed by atoms with Crippen molar-refractivity contribution in [2.24, 2.45) is 7.05 Å². The molecule has 0 radical (unpaired) electrons. The Balaban J connectivity index is 3.14. The highest BCUT2D eigenvalue weighted by molar-refractivity contribution is 7.89. The number of carbonyl (C=O) groups excluding carboxylic acids is 1. The zero-order chi connectivity index (χ0) is 16.4. The van der Waals surface area contributed by atoms with Crippen molar-refractivity contribution in [3.63, 3.8) is 0 Å². The van der Waals surface area contributed by atoms with Gasteiger partial charge in [0.15, 0.2) is 0 Å². The van der Waals surface area contributed by atoms with E-state index in [-0.39, 0.29) is 10.6 Å². The molecular formula is C11H17N3O6S. The molecule has 9 nitrogen and oxygen atoms in total. The number of rotatable bonds is 6. The van der Waals surface area contributed by atoms with E-state index in [2.05, 4.69) is 5.32 Å². The zero-order valence-corrected chi connectivity index (χ0v) is 12.5. The van der Waals surface area contributed by atoms with Crippen molar-refractivity contribution in [3.05, 3.63) is 18.0 Å². The molecule has 10 heteroatoms. The van der Waals surface area contributed by atoms with Crippen molar-refractivity contribution >= 4 is 21.9 Å². The van der Waals surface area contributed by atoms with Gasteiger partial charge in [-0.05, 0) is 13.0 Å². The van der Waals surface area contributed by atoms with Crippen LogP contribution in [0.5, 0.6) is 0 Å². The van der Waals surface area contributed by atoms with Crippen molar-refractivity contribution < 1.29 is 28.2 Å². The SMILES string of the molecule is CNC(=O)c1cc(S(=O)(=O)N[C@H](C(=O)O)[C@@H](C)O)cn1C. The van der Waals surface area contributed by atoms with Crippen LogP contribution in [0.4, 0.5) is 0 Å². The number of carboxylic acids is 1. The lowest BCUT2D eigenvalue weighted by Gasteiger charge is -2.16. The molecule has 1 heterocycles. The van der Waals surface area contributed by atoms with Crippen molar-refractivity contribution in [2.45, 2.75) is 24.0 Å². The number of aliphatic carboxylic acids is 1. The van der Waals surface area contributed by atoms with Crippen LogP contribution in [-0.4, -0.2) is 54.3 Å². The number of aliphatic hydroxyl groups excluding tert-OH is 1. The van der Waals surface area contributed by atoms with Crippen LogP contribution in [0.25, 0.3) is 0 Å². The first-order valence-electron chi connectivity index (χ1n) is 5.91. The van der Waals surface area contributed by atoms with Crippen LogP contribution in [0.3, 0.4) is 0 Å². The van der Waals surface area contributed by atoms with Gasteiger partial charge in [0.25, 0.3) is 5.91 Å². The number of carboxylic acid groups (broad SMARTS) is 1. The summed E-state index contributed by atoms with van der Waals surface area (Å²) in [6, 6.07) is -0.569. The molecule has 0 aromatic carbocycles. The third-order valence-electron chi connectivity index (χ3n) is 2.78. The number of nitrogens with one attached hydrogen (secondary N) is 2. The van der Waals surface area contributed by atoms with Gasteiger partial charge < -0.3 is 20.1 Å². The number of hydrogen-bond donors (Lipinski definition) is 4. The standard InChI is InChI=1S/C11H17N3O6S/c1-6(15)9(11(17)18)13-21(19,20)7-4-8(10(16)12-2)14(3)5-7/h4-6,9,13,15H,1-3H3,(H,12,16)(H,17,18)/t6-,9+/m1/s1. The fourth-order valence-corrected chi connectivity index (χ4v) is 2.96. The molecule has 1 aromatic rings. The topological polar surface area (TPSA) is 138 Å². The van der Waals surface area contributed by atoms with Crippen LogP contribution in [-0.2, 0) is 21.9 Å². The van der Waals surface area contributed by atoms with E-state index in [9.17, 15) is 23.1 Å². The molecule has 21 heavy (non-hydrogen) atoms. The molecule has 1 aromatic heterocycles. The highest BCUT2D eigenvalue weighted by Crippen LogP contribution is 2.14. The lowest BCUT2D eigenvalue weighted by atomic mass is 10.2.